The number of benzene rings is 1. The first-order chi connectivity index (χ1) is 10.2. The minimum absolute atomic E-state index is 0.0532. The summed E-state index contributed by atoms with van der Waals surface area (Å²) >= 11 is 0. The molecule has 0 spiro atoms. The van der Waals surface area contributed by atoms with Crippen molar-refractivity contribution in [1.82, 2.24) is 19.5 Å². The van der Waals surface area contributed by atoms with Gasteiger partial charge in [-0.2, -0.15) is 0 Å². The van der Waals surface area contributed by atoms with Gasteiger partial charge in [0.25, 0.3) is 5.56 Å². The molecule has 0 fully saturated rings. The lowest BCUT2D eigenvalue weighted by Gasteiger charge is -2.08. The van der Waals surface area contributed by atoms with Crippen molar-refractivity contribution in [2.45, 2.75) is 6.92 Å². The number of hydrogen-bond acceptors (Lipinski definition) is 2. The summed E-state index contributed by atoms with van der Waals surface area (Å²) in [6.07, 6.45) is 3.42. The van der Waals surface area contributed by atoms with Crippen LogP contribution in [0.4, 0.5) is 0 Å². The Bertz CT molecular complexity index is 1020. The maximum absolute atomic E-state index is 12.5. The number of aromatic amines is 2. The zero-order chi connectivity index (χ0) is 14.6. The van der Waals surface area contributed by atoms with Gasteiger partial charge in [-0.05, 0) is 13.0 Å². The van der Waals surface area contributed by atoms with E-state index in [9.17, 15) is 4.79 Å². The van der Waals surface area contributed by atoms with E-state index in [1.54, 1.807) is 12.5 Å². The molecule has 0 bridgehead atoms. The number of aromatic nitrogens is 4. The lowest BCUT2D eigenvalue weighted by Crippen LogP contribution is -2.09. The molecule has 0 amide bonds. The average Bonchev–Trinajstić information content (AvgIpc) is 3.08. The molecule has 4 rings (SSSR count). The van der Waals surface area contributed by atoms with Gasteiger partial charge in [0.05, 0.1) is 29.1 Å². The summed E-state index contributed by atoms with van der Waals surface area (Å²) < 4.78 is 2.07. The third-order valence-corrected chi connectivity index (χ3v) is 4.01. The Morgan fingerprint density at radius 3 is 2.81 bits per heavy atom. The van der Waals surface area contributed by atoms with Crippen LogP contribution < -0.4 is 5.56 Å². The molecule has 5 nitrogen and oxygen atoms in total. The summed E-state index contributed by atoms with van der Waals surface area (Å²) in [5.74, 6) is 0. The number of aryl methyl sites for hydroxylation is 2. The number of imidazole rings is 1. The van der Waals surface area contributed by atoms with Crippen molar-refractivity contribution in [2.24, 2.45) is 7.05 Å². The molecule has 0 saturated carbocycles. The van der Waals surface area contributed by atoms with Gasteiger partial charge < -0.3 is 14.5 Å². The van der Waals surface area contributed by atoms with Crippen molar-refractivity contribution in [3.8, 4) is 11.3 Å². The maximum Gasteiger partial charge on any atom is 0.258 e. The van der Waals surface area contributed by atoms with Crippen molar-refractivity contribution in [3.05, 3.63) is 52.8 Å². The van der Waals surface area contributed by atoms with Crippen LogP contribution in [0.1, 0.15) is 5.69 Å². The summed E-state index contributed by atoms with van der Waals surface area (Å²) in [7, 11) is 1.99. The number of H-pyrrole nitrogens is 2. The Balaban J connectivity index is 2.33. The number of para-hydroxylation sites is 1. The van der Waals surface area contributed by atoms with Crippen LogP contribution in [0.2, 0.25) is 0 Å². The molecule has 0 radical (unpaired) electrons. The third kappa shape index (κ3) is 1.51. The molecule has 0 aliphatic rings. The third-order valence-electron chi connectivity index (χ3n) is 4.01. The molecular weight excluding hydrogens is 264 g/mol. The van der Waals surface area contributed by atoms with Gasteiger partial charge >= 0.3 is 0 Å². The predicted octanol–water partition coefficient (Wildman–Crippen LogP) is 2.72. The average molecular weight is 278 g/mol. The fourth-order valence-electron chi connectivity index (χ4n) is 3.11. The first-order valence-electron chi connectivity index (χ1n) is 6.77. The van der Waals surface area contributed by atoms with Gasteiger partial charge in [-0.3, -0.25) is 4.79 Å². The van der Waals surface area contributed by atoms with Crippen LogP contribution in [0.15, 0.2) is 41.6 Å². The molecule has 1 aromatic carbocycles. The summed E-state index contributed by atoms with van der Waals surface area (Å²) in [4.78, 5) is 22.6. The SMILES string of the molecule is Cc1[nH]c(=O)c2c3ccccc3n(C)c2c1-c1cnc[nH]1. The van der Waals surface area contributed by atoms with E-state index < -0.39 is 0 Å². The summed E-state index contributed by atoms with van der Waals surface area (Å²) in [5.41, 5.74) is 4.65. The summed E-state index contributed by atoms with van der Waals surface area (Å²) in [6, 6.07) is 7.95. The quantitative estimate of drug-likeness (QED) is 0.562. The van der Waals surface area contributed by atoms with E-state index in [0.717, 1.165) is 38.8 Å². The lowest BCUT2D eigenvalue weighted by molar-refractivity contribution is 1.01. The highest BCUT2D eigenvalue weighted by atomic mass is 16.1. The van der Waals surface area contributed by atoms with E-state index in [4.69, 9.17) is 0 Å². The van der Waals surface area contributed by atoms with Crippen LogP contribution in [0, 0.1) is 6.92 Å². The molecule has 21 heavy (non-hydrogen) atoms. The van der Waals surface area contributed by atoms with E-state index in [-0.39, 0.29) is 5.56 Å². The van der Waals surface area contributed by atoms with Crippen LogP contribution in [-0.4, -0.2) is 19.5 Å². The number of rotatable bonds is 1. The number of hydrogen-bond donors (Lipinski definition) is 2. The second-order valence-electron chi connectivity index (χ2n) is 5.22. The minimum Gasteiger partial charge on any atom is -0.345 e. The van der Waals surface area contributed by atoms with Crippen LogP contribution in [0.5, 0.6) is 0 Å². The maximum atomic E-state index is 12.5. The van der Waals surface area contributed by atoms with Gasteiger partial charge in [0.15, 0.2) is 0 Å². The van der Waals surface area contributed by atoms with Crippen molar-refractivity contribution >= 4 is 21.8 Å². The molecule has 3 aromatic heterocycles. The second-order valence-corrected chi connectivity index (χ2v) is 5.22. The molecule has 0 atom stereocenters. The van der Waals surface area contributed by atoms with E-state index in [1.165, 1.54) is 0 Å². The standard InChI is InChI=1S/C16H14N4O/c1-9-13(11-7-17-8-18-11)15-14(16(21)19-9)10-5-3-4-6-12(10)20(15)2/h3-8H,1-2H3,(H,17,18)(H,19,21). The number of pyridine rings is 1. The van der Waals surface area contributed by atoms with Crippen LogP contribution in [-0.2, 0) is 7.05 Å². The van der Waals surface area contributed by atoms with E-state index in [1.807, 2.05) is 38.2 Å². The molecule has 2 N–H and O–H groups in total. The minimum atomic E-state index is -0.0532. The highest BCUT2D eigenvalue weighted by molar-refractivity contribution is 6.12. The zero-order valence-electron chi connectivity index (χ0n) is 11.8. The van der Waals surface area contributed by atoms with Crippen molar-refractivity contribution in [2.75, 3.05) is 0 Å². The van der Waals surface area contributed by atoms with Crippen LogP contribution in [0.25, 0.3) is 33.1 Å². The van der Waals surface area contributed by atoms with Gasteiger partial charge in [0.2, 0.25) is 0 Å². The van der Waals surface area contributed by atoms with Gasteiger partial charge in [-0.25, -0.2) is 4.98 Å². The highest BCUT2D eigenvalue weighted by Gasteiger charge is 2.18. The molecule has 0 unspecified atom stereocenters. The summed E-state index contributed by atoms with van der Waals surface area (Å²) in [5, 5.41) is 1.69. The van der Waals surface area contributed by atoms with E-state index in [2.05, 4.69) is 19.5 Å². The first kappa shape index (κ1) is 12.0. The number of fused-ring (bicyclic) bond motifs is 3. The molecule has 0 aliphatic carbocycles. The Hall–Kier alpha value is -2.82. The Labute approximate surface area is 120 Å². The smallest absolute Gasteiger partial charge is 0.258 e. The zero-order valence-corrected chi connectivity index (χ0v) is 11.8. The number of nitrogens with one attached hydrogen (secondary N) is 2. The van der Waals surface area contributed by atoms with Crippen LogP contribution >= 0.6 is 0 Å². The van der Waals surface area contributed by atoms with E-state index in [0.29, 0.717) is 0 Å². The molecule has 4 aromatic rings. The van der Waals surface area contributed by atoms with Gasteiger partial charge in [0, 0.05) is 29.2 Å². The largest absolute Gasteiger partial charge is 0.345 e. The number of nitrogens with zero attached hydrogens (tertiary/aromatic N) is 2. The molecule has 5 heteroatoms. The van der Waals surface area contributed by atoms with Crippen molar-refractivity contribution in [3.63, 3.8) is 0 Å². The van der Waals surface area contributed by atoms with Gasteiger partial charge in [-0.1, -0.05) is 18.2 Å². The monoisotopic (exact) mass is 278 g/mol. The van der Waals surface area contributed by atoms with Crippen molar-refractivity contribution in [1.29, 1.82) is 0 Å². The van der Waals surface area contributed by atoms with E-state index >= 15 is 0 Å². The first-order valence-corrected chi connectivity index (χ1v) is 6.77. The Morgan fingerprint density at radius 1 is 1.24 bits per heavy atom. The Morgan fingerprint density at radius 2 is 2.05 bits per heavy atom. The molecular formula is C16H14N4O. The second kappa shape index (κ2) is 4.09. The molecule has 3 heterocycles. The van der Waals surface area contributed by atoms with Crippen LogP contribution in [0.3, 0.4) is 0 Å². The predicted molar refractivity (Wildman–Crippen MR) is 83.4 cm³/mol. The fourth-order valence-corrected chi connectivity index (χ4v) is 3.11. The lowest BCUT2D eigenvalue weighted by atomic mass is 10.1. The van der Waals surface area contributed by atoms with Crippen molar-refractivity contribution < 1.29 is 0 Å². The highest BCUT2D eigenvalue weighted by Crippen LogP contribution is 2.33. The van der Waals surface area contributed by atoms with Gasteiger partial charge in [-0.15, -0.1) is 0 Å². The topological polar surface area (TPSA) is 66.5 Å². The summed E-state index contributed by atoms with van der Waals surface area (Å²) in [6.45, 7) is 1.91. The fraction of sp³-hybridized carbons (Fsp3) is 0.125. The molecule has 0 aliphatic heterocycles. The normalized spacial score (nSPS) is 11.5. The molecule has 104 valence electrons. The molecule has 0 saturated heterocycles. The van der Waals surface area contributed by atoms with Gasteiger partial charge in [0.1, 0.15) is 0 Å². The Kier molecular flexibility index (Phi) is 2.33.